The van der Waals surface area contributed by atoms with Gasteiger partial charge in [-0.1, -0.05) is 20.3 Å². The van der Waals surface area contributed by atoms with Crippen molar-refractivity contribution < 1.29 is 0 Å². The summed E-state index contributed by atoms with van der Waals surface area (Å²) in [6.07, 6.45) is 5.17. The van der Waals surface area contributed by atoms with Crippen LogP contribution in [0.15, 0.2) is 0 Å². The van der Waals surface area contributed by atoms with Crippen molar-refractivity contribution in [2.75, 3.05) is 24.5 Å². The predicted molar refractivity (Wildman–Crippen MR) is 85.2 cm³/mol. The molecule has 4 heteroatoms. The summed E-state index contributed by atoms with van der Waals surface area (Å²) in [7, 11) is 2.08. The molecule has 0 aromatic carbocycles. The van der Waals surface area contributed by atoms with E-state index in [-0.39, 0.29) is 0 Å². The molecule has 2 rings (SSSR count). The number of rotatable bonds is 7. The molecule has 20 heavy (non-hydrogen) atoms. The van der Waals surface area contributed by atoms with Gasteiger partial charge < -0.3 is 10.2 Å². The van der Waals surface area contributed by atoms with Gasteiger partial charge in [0, 0.05) is 32.2 Å². The molecule has 1 aromatic rings. The van der Waals surface area contributed by atoms with Crippen LogP contribution in [-0.2, 0) is 13.6 Å². The average molecular weight is 278 g/mol. The minimum atomic E-state index is 0.867. The fourth-order valence-corrected chi connectivity index (χ4v) is 3.35. The molecule has 0 bridgehead atoms. The van der Waals surface area contributed by atoms with Crippen molar-refractivity contribution >= 4 is 5.82 Å². The molecule has 2 heterocycles. The predicted octanol–water partition coefficient (Wildman–Crippen LogP) is 2.85. The lowest BCUT2D eigenvalue weighted by molar-refractivity contribution is 0.528. The Morgan fingerprint density at radius 2 is 2.10 bits per heavy atom. The molecule has 0 saturated carbocycles. The fraction of sp³-hybridized carbons (Fsp3) is 0.812. The van der Waals surface area contributed by atoms with E-state index < -0.39 is 0 Å². The van der Waals surface area contributed by atoms with Gasteiger partial charge in [-0.2, -0.15) is 5.10 Å². The van der Waals surface area contributed by atoms with Crippen LogP contribution in [0.1, 0.15) is 50.8 Å². The second-order valence-electron chi connectivity index (χ2n) is 6.08. The summed E-state index contributed by atoms with van der Waals surface area (Å²) in [5.74, 6) is 2.20. The Labute approximate surface area is 123 Å². The summed E-state index contributed by atoms with van der Waals surface area (Å²) in [6.45, 7) is 11.0. The van der Waals surface area contributed by atoms with E-state index in [9.17, 15) is 0 Å². The molecule has 0 spiro atoms. The Bertz CT molecular complexity index is 424. The van der Waals surface area contributed by atoms with Gasteiger partial charge in [-0.15, -0.1) is 0 Å². The van der Waals surface area contributed by atoms with Crippen molar-refractivity contribution in [3.63, 3.8) is 0 Å². The smallest absolute Gasteiger partial charge is 0.131 e. The molecular formula is C16H30N4. The van der Waals surface area contributed by atoms with E-state index in [2.05, 4.69) is 47.8 Å². The van der Waals surface area contributed by atoms with Crippen molar-refractivity contribution in [2.45, 2.75) is 53.0 Å². The molecule has 4 nitrogen and oxygen atoms in total. The first kappa shape index (κ1) is 15.4. The Kier molecular flexibility index (Phi) is 5.46. The van der Waals surface area contributed by atoms with Gasteiger partial charge in [0.15, 0.2) is 0 Å². The SMILES string of the molecule is CCCNCc1c(C)nn(C)c1N1CCC(CCC)C1. The summed E-state index contributed by atoms with van der Waals surface area (Å²) >= 11 is 0. The standard InChI is InChI=1S/C16H30N4/c1-5-7-14-8-10-20(12-14)16-15(11-17-9-6-2)13(3)18-19(16)4/h14,17H,5-12H2,1-4H3. The van der Waals surface area contributed by atoms with Crippen LogP contribution in [0.2, 0.25) is 0 Å². The van der Waals surface area contributed by atoms with Crippen LogP contribution in [-0.4, -0.2) is 29.4 Å². The van der Waals surface area contributed by atoms with Crippen LogP contribution in [0.3, 0.4) is 0 Å². The Hall–Kier alpha value is -1.03. The summed E-state index contributed by atoms with van der Waals surface area (Å²) in [5, 5.41) is 8.17. The maximum Gasteiger partial charge on any atom is 0.131 e. The monoisotopic (exact) mass is 278 g/mol. The molecule has 114 valence electrons. The van der Waals surface area contributed by atoms with E-state index in [1.165, 1.54) is 55.8 Å². The zero-order chi connectivity index (χ0) is 14.5. The van der Waals surface area contributed by atoms with Crippen LogP contribution in [0.25, 0.3) is 0 Å². The third kappa shape index (κ3) is 3.35. The first-order chi connectivity index (χ1) is 9.67. The maximum absolute atomic E-state index is 4.64. The Morgan fingerprint density at radius 1 is 1.30 bits per heavy atom. The average Bonchev–Trinajstić information content (AvgIpc) is 2.96. The molecule has 1 fully saturated rings. The molecule has 0 aliphatic carbocycles. The summed E-state index contributed by atoms with van der Waals surface area (Å²) < 4.78 is 2.08. The summed E-state index contributed by atoms with van der Waals surface area (Å²) in [4.78, 5) is 2.54. The third-order valence-electron chi connectivity index (χ3n) is 4.32. The lowest BCUT2D eigenvalue weighted by atomic mass is 10.0. The zero-order valence-electron chi connectivity index (χ0n) is 13.6. The number of hydrogen-bond donors (Lipinski definition) is 1. The Balaban J connectivity index is 2.10. The van der Waals surface area contributed by atoms with E-state index in [1.807, 2.05) is 0 Å². The Morgan fingerprint density at radius 3 is 2.80 bits per heavy atom. The molecule has 1 saturated heterocycles. The van der Waals surface area contributed by atoms with Crippen molar-refractivity contribution in [2.24, 2.45) is 13.0 Å². The van der Waals surface area contributed by atoms with Gasteiger partial charge in [-0.25, -0.2) is 0 Å². The van der Waals surface area contributed by atoms with Crippen LogP contribution >= 0.6 is 0 Å². The minimum absolute atomic E-state index is 0.867. The van der Waals surface area contributed by atoms with Gasteiger partial charge in [0.2, 0.25) is 0 Å². The number of hydrogen-bond acceptors (Lipinski definition) is 3. The molecular weight excluding hydrogens is 248 g/mol. The fourth-order valence-electron chi connectivity index (χ4n) is 3.35. The molecule has 1 atom stereocenters. The van der Waals surface area contributed by atoms with Crippen LogP contribution in [0, 0.1) is 12.8 Å². The van der Waals surface area contributed by atoms with Crippen LogP contribution in [0.5, 0.6) is 0 Å². The zero-order valence-corrected chi connectivity index (χ0v) is 13.6. The van der Waals surface area contributed by atoms with Gasteiger partial charge >= 0.3 is 0 Å². The second-order valence-corrected chi connectivity index (χ2v) is 6.08. The third-order valence-corrected chi connectivity index (χ3v) is 4.32. The molecule has 1 aliphatic rings. The normalized spacial score (nSPS) is 19.0. The molecule has 1 aliphatic heterocycles. The van der Waals surface area contributed by atoms with Crippen molar-refractivity contribution in [3.8, 4) is 0 Å². The lowest BCUT2D eigenvalue weighted by Gasteiger charge is -2.21. The highest BCUT2D eigenvalue weighted by atomic mass is 15.4. The molecule has 1 unspecified atom stereocenters. The molecule has 0 radical (unpaired) electrons. The number of nitrogens with one attached hydrogen (secondary N) is 1. The summed E-state index contributed by atoms with van der Waals surface area (Å²) in [6, 6.07) is 0. The van der Waals surface area contributed by atoms with Gasteiger partial charge in [-0.3, -0.25) is 4.68 Å². The highest BCUT2D eigenvalue weighted by molar-refractivity contribution is 5.51. The van der Waals surface area contributed by atoms with Crippen LogP contribution < -0.4 is 10.2 Å². The largest absolute Gasteiger partial charge is 0.356 e. The van der Waals surface area contributed by atoms with Crippen molar-refractivity contribution in [1.29, 1.82) is 0 Å². The number of nitrogens with zero attached hydrogens (tertiary/aromatic N) is 3. The van der Waals surface area contributed by atoms with Gasteiger partial charge in [0.05, 0.1) is 5.69 Å². The highest BCUT2D eigenvalue weighted by Gasteiger charge is 2.26. The van der Waals surface area contributed by atoms with Gasteiger partial charge in [0.25, 0.3) is 0 Å². The van der Waals surface area contributed by atoms with Crippen molar-refractivity contribution in [3.05, 3.63) is 11.3 Å². The quantitative estimate of drug-likeness (QED) is 0.779. The maximum atomic E-state index is 4.64. The number of anilines is 1. The lowest BCUT2D eigenvalue weighted by Crippen LogP contribution is -2.25. The molecule has 1 N–H and O–H groups in total. The van der Waals surface area contributed by atoms with E-state index in [0.717, 1.165) is 19.0 Å². The van der Waals surface area contributed by atoms with Gasteiger partial charge in [-0.05, 0) is 38.6 Å². The first-order valence-electron chi connectivity index (χ1n) is 8.15. The first-order valence-corrected chi connectivity index (χ1v) is 8.15. The number of aromatic nitrogens is 2. The highest BCUT2D eigenvalue weighted by Crippen LogP contribution is 2.30. The molecule has 1 aromatic heterocycles. The van der Waals surface area contributed by atoms with Crippen LogP contribution in [0.4, 0.5) is 5.82 Å². The summed E-state index contributed by atoms with van der Waals surface area (Å²) in [5.41, 5.74) is 2.56. The second kappa shape index (κ2) is 7.11. The van der Waals surface area contributed by atoms with E-state index in [4.69, 9.17) is 0 Å². The van der Waals surface area contributed by atoms with E-state index >= 15 is 0 Å². The minimum Gasteiger partial charge on any atom is -0.356 e. The van der Waals surface area contributed by atoms with Gasteiger partial charge in [0.1, 0.15) is 5.82 Å². The number of aryl methyl sites for hydroxylation is 2. The molecule has 0 amide bonds. The topological polar surface area (TPSA) is 33.1 Å². The van der Waals surface area contributed by atoms with E-state index in [1.54, 1.807) is 0 Å². The van der Waals surface area contributed by atoms with E-state index in [0.29, 0.717) is 0 Å². The van der Waals surface area contributed by atoms with Crippen molar-refractivity contribution in [1.82, 2.24) is 15.1 Å².